The van der Waals surface area contributed by atoms with Gasteiger partial charge in [-0.05, 0) is 31.2 Å². The molecule has 0 heterocycles. The molecule has 16 heavy (non-hydrogen) atoms. The van der Waals surface area contributed by atoms with Crippen molar-refractivity contribution in [1.29, 1.82) is 0 Å². The van der Waals surface area contributed by atoms with Crippen LogP contribution in [-0.2, 0) is 0 Å². The summed E-state index contributed by atoms with van der Waals surface area (Å²) >= 11 is 0. The summed E-state index contributed by atoms with van der Waals surface area (Å²) in [5.74, 6) is -0.192. The van der Waals surface area contributed by atoms with Crippen molar-refractivity contribution >= 4 is 0 Å². The molecule has 0 aromatic heterocycles. The van der Waals surface area contributed by atoms with E-state index in [1.54, 1.807) is 12.1 Å². The summed E-state index contributed by atoms with van der Waals surface area (Å²) in [7, 11) is 1.81. The first-order valence-electron chi connectivity index (χ1n) is 4.99. The van der Waals surface area contributed by atoms with E-state index < -0.39 is 6.36 Å². The second kappa shape index (κ2) is 5.21. The first-order chi connectivity index (χ1) is 7.46. The monoisotopic (exact) mass is 233 g/mol. The maximum Gasteiger partial charge on any atom is 0.573 e. The molecule has 0 saturated heterocycles. The Hall–Kier alpha value is -1.23. The van der Waals surface area contributed by atoms with E-state index in [4.69, 9.17) is 0 Å². The van der Waals surface area contributed by atoms with Crippen LogP contribution in [0.2, 0.25) is 0 Å². The zero-order chi connectivity index (χ0) is 12.2. The third-order valence-electron chi connectivity index (χ3n) is 2.27. The van der Waals surface area contributed by atoms with Crippen LogP contribution in [0.15, 0.2) is 24.3 Å². The number of benzene rings is 1. The lowest BCUT2D eigenvalue weighted by Gasteiger charge is -2.15. The molecule has 0 saturated carbocycles. The highest BCUT2D eigenvalue weighted by Gasteiger charge is 2.30. The SMILES string of the molecule is CC[C@@H](NC)c1ccc(OC(F)(F)F)cc1. The van der Waals surface area contributed by atoms with Crippen molar-refractivity contribution in [2.75, 3.05) is 7.05 Å². The van der Waals surface area contributed by atoms with Crippen molar-refractivity contribution in [3.63, 3.8) is 0 Å². The number of hydrogen-bond donors (Lipinski definition) is 1. The number of halogens is 3. The van der Waals surface area contributed by atoms with E-state index in [-0.39, 0.29) is 11.8 Å². The van der Waals surface area contributed by atoms with E-state index in [0.29, 0.717) is 0 Å². The second-order valence-electron chi connectivity index (χ2n) is 3.37. The van der Waals surface area contributed by atoms with Crippen LogP contribution in [0.3, 0.4) is 0 Å². The average Bonchev–Trinajstić information content (AvgIpc) is 2.20. The van der Waals surface area contributed by atoms with Crippen LogP contribution in [0.4, 0.5) is 13.2 Å². The van der Waals surface area contributed by atoms with Gasteiger partial charge in [0.2, 0.25) is 0 Å². The Kier molecular flexibility index (Phi) is 4.18. The fourth-order valence-corrected chi connectivity index (χ4v) is 1.51. The number of nitrogens with one attached hydrogen (secondary N) is 1. The summed E-state index contributed by atoms with van der Waals surface area (Å²) in [6, 6.07) is 6.06. The van der Waals surface area contributed by atoms with Gasteiger partial charge in [0.15, 0.2) is 0 Å². The molecule has 0 aliphatic rings. The molecule has 0 spiro atoms. The highest BCUT2D eigenvalue weighted by molar-refractivity contribution is 5.29. The Balaban J connectivity index is 2.75. The molecule has 0 fully saturated rings. The Morgan fingerprint density at radius 3 is 2.19 bits per heavy atom. The van der Waals surface area contributed by atoms with Crippen molar-refractivity contribution in [3.05, 3.63) is 29.8 Å². The van der Waals surface area contributed by atoms with E-state index in [1.807, 2.05) is 14.0 Å². The molecule has 1 aromatic rings. The van der Waals surface area contributed by atoms with Gasteiger partial charge in [-0.2, -0.15) is 0 Å². The van der Waals surface area contributed by atoms with Crippen LogP contribution in [0.1, 0.15) is 24.9 Å². The van der Waals surface area contributed by atoms with Gasteiger partial charge < -0.3 is 10.1 Å². The zero-order valence-electron chi connectivity index (χ0n) is 9.14. The zero-order valence-corrected chi connectivity index (χ0v) is 9.14. The molecule has 1 atom stereocenters. The van der Waals surface area contributed by atoms with Gasteiger partial charge in [0.05, 0.1) is 0 Å². The average molecular weight is 233 g/mol. The van der Waals surface area contributed by atoms with Gasteiger partial charge in [0.1, 0.15) is 5.75 Å². The highest BCUT2D eigenvalue weighted by atomic mass is 19.4. The van der Waals surface area contributed by atoms with E-state index in [0.717, 1.165) is 12.0 Å². The lowest BCUT2D eigenvalue weighted by Crippen LogP contribution is -2.17. The lowest BCUT2D eigenvalue weighted by atomic mass is 10.1. The maximum atomic E-state index is 11.9. The normalized spacial score (nSPS) is 13.6. The number of rotatable bonds is 4. The summed E-state index contributed by atoms with van der Waals surface area (Å²) in [5.41, 5.74) is 0.944. The van der Waals surface area contributed by atoms with Crippen LogP contribution < -0.4 is 10.1 Å². The van der Waals surface area contributed by atoms with E-state index in [2.05, 4.69) is 10.1 Å². The van der Waals surface area contributed by atoms with Crippen LogP contribution in [-0.4, -0.2) is 13.4 Å². The molecule has 1 aromatic carbocycles. The molecule has 2 nitrogen and oxygen atoms in total. The number of hydrogen-bond acceptors (Lipinski definition) is 2. The molecule has 0 aliphatic carbocycles. The predicted octanol–water partition coefficient (Wildman–Crippen LogP) is 3.26. The van der Waals surface area contributed by atoms with Crippen molar-refractivity contribution in [2.24, 2.45) is 0 Å². The van der Waals surface area contributed by atoms with Crippen molar-refractivity contribution < 1.29 is 17.9 Å². The number of ether oxygens (including phenoxy) is 1. The largest absolute Gasteiger partial charge is 0.573 e. The van der Waals surface area contributed by atoms with Crippen molar-refractivity contribution in [2.45, 2.75) is 25.7 Å². The molecule has 0 amide bonds. The van der Waals surface area contributed by atoms with E-state index >= 15 is 0 Å². The summed E-state index contributed by atoms with van der Waals surface area (Å²) in [6.07, 6.45) is -3.76. The molecule has 0 bridgehead atoms. The topological polar surface area (TPSA) is 21.3 Å². The van der Waals surface area contributed by atoms with Gasteiger partial charge in [0.25, 0.3) is 0 Å². The minimum atomic E-state index is -4.63. The standard InChI is InChI=1S/C11H14F3NO/c1-3-10(15-2)8-4-6-9(7-5-8)16-11(12,13)14/h4-7,10,15H,3H2,1-2H3/t10-/m1/s1. The van der Waals surface area contributed by atoms with Crippen LogP contribution >= 0.6 is 0 Å². The molecule has 1 N–H and O–H groups in total. The summed E-state index contributed by atoms with van der Waals surface area (Å²) in [4.78, 5) is 0. The minimum absolute atomic E-state index is 0.153. The molecule has 90 valence electrons. The van der Waals surface area contributed by atoms with Gasteiger partial charge in [-0.15, -0.1) is 13.2 Å². The van der Waals surface area contributed by atoms with Crippen LogP contribution in [0.5, 0.6) is 5.75 Å². The van der Waals surface area contributed by atoms with Crippen molar-refractivity contribution in [3.8, 4) is 5.75 Å². The molecule has 0 unspecified atom stereocenters. The highest BCUT2D eigenvalue weighted by Crippen LogP contribution is 2.24. The summed E-state index contributed by atoms with van der Waals surface area (Å²) in [6.45, 7) is 2.00. The maximum absolute atomic E-state index is 11.9. The minimum Gasteiger partial charge on any atom is -0.406 e. The molecule has 1 rings (SSSR count). The Labute approximate surface area is 92.4 Å². The molecule has 0 radical (unpaired) electrons. The van der Waals surface area contributed by atoms with Crippen LogP contribution in [0, 0.1) is 0 Å². The first kappa shape index (κ1) is 12.8. The van der Waals surface area contributed by atoms with Crippen molar-refractivity contribution in [1.82, 2.24) is 5.32 Å². The lowest BCUT2D eigenvalue weighted by molar-refractivity contribution is -0.274. The fourth-order valence-electron chi connectivity index (χ4n) is 1.51. The van der Waals surface area contributed by atoms with Gasteiger partial charge in [-0.3, -0.25) is 0 Å². The van der Waals surface area contributed by atoms with E-state index in [1.165, 1.54) is 12.1 Å². The second-order valence-corrected chi connectivity index (χ2v) is 3.37. The Morgan fingerprint density at radius 2 is 1.81 bits per heavy atom. The third-order valence-corrected chi connectivity index (χ3v) is 2.27. The first-order valence-corrected chi connectivity index (χ1v) is 4.99. The number of alkyl halides is 3. The molecule has 0 aliphatic heterocycles. The predicted molar refractivity (Wildman–Crippen MR) is 55.2 cm³/mol. The van der Waals surface area contributed by atoms with E-state index in [9.17, 15) is 13.2 Å². The smallest absolute Gasteiger partial charge is 0.406 e. The fraction of sp³-hybridized carbons (Fsp3) is 0.455. The Morgan fingerprint density at radius 1 is 1.25 bits per heavy atom. The summed E-state index contributed by atoms with van der Waals surface area (Å²) in [5, 5.41) is 3.07. The van der Waals surface area contributed by atoms with Gasteiger partial charge >= 0.3 is 6.36 Å². The van der Waals surface area contributed by atoms with Crippen LogP contribution in [0.25, 0.3) is 0 Å². The van der Waals surface area contributed by atoms with Gasteiger partial charge in [0, 0.05) is 6.04 Å². The van der Waals surface area contributed by atoms with Gasteiger partial charge in [-0.25, -0.2) is 0 Å². The molecular formula is C11H14F3NO. The molecular weight excluding hydrogens is 219 g/mol. The molecule has 5 heteroatoms. The van der Waals surface area contributed by atoms with Gasteiger partial charge in [-0.1, -0.05) is 19.1 Å². The summed E-state index contributed by atoms with van der Waals surface area (Å²) < 4.78 is 39.5. The Bertz CT molecular complexity index is 317. The quantitative estimate of drug-likeness (QED) is 0.861. The third kappa shape index (κ3) is 3.73.